The van der Waals surface area contributed by atoms with E-state index in [1.54, 1.807) is 6.26 Å². The number of amides is 1. The molecule has 28 heavy (non-hydrogen) atoms. The Kier molecular flexibility index (Phi) is 4.98. The summed E-state index contributed by atoms with van der Waals surface area (Å²) in [5, 5.41) is 9.89. The Hall–Kier alpha value is -3.34. The molecule has 0 saturated carbocycles. The number of carbonyl (C=O) groups is 1. The van der Waals surface area contributed by atoms with Gasteiger partial charge in [0.2, 0.25) is 5.91 Å². The van der Waals surface area contributed by atoms with Crippen LogP contribution in [0.15, 0.2) is 71.3 Å². The van der Waals surface area contributed by atoms with Gasteiger partial charge in [-0.05, 0) is 48.4 Å². The van der Waals surface area contributed by atoms with Crippen LogP contribution in [0.4, 0.5) is 0 Å². The average Bonchev–Trinajstić information content (AvgIpc) is 3.32. The molecule has 0 saturated heterocycles. The molecule has 5 nitrogen and oxygen atoms in total. The van der Waals surface area contributed by atoms with Crippen LogP contribution >= 0.6 is 0 Å². The number of hydrogen-bond acceptors (Lipinski definition) is 3. The molecule has 0 aliphatic carbocycles. The molecule has 4 aromatic rings. The molecule has 2 heterocycles. The van der Waals surface area contributed by atoms with Gasteiger partial charge in [-0.2, -0.15) is 5.10 Å². The molecule has 2 aromatic heterocycles. The fourth-order valence-corrected chi connectivity index (χ4v) is 3.64. The SMILES string of the molecule is Cc1cc(C)n(C(CNC(=O)Cc2cccc3ccccc23)c2ccco2)n1. The zero-order valence-corrected chi connectivity index (χ0v) is 16.1. The van der Waals surface area contributed by atoms with Crippen LogP contribution in [0, 0.1) is 13.8 Å². The van der Waals surface area contributed by atoms with Crippen LogP contribution in [0.5, 0.6) is 0 Å². The predicted octanol–water partition coefficient (Wildman–Crippen LogP) is 4.19. The third-order valence-corrected chi connectivity index (χ3v) is 4.93. The van der Waals surface area contributed by atoms with Crippen molar-refractivity contribution in [2.75, 3.05) is 6.54 Å². The van der Waals surface area contributed by atoms with Crippen LogP contribution in [-0.2, 0) is 11.2 Å². The third kappa shape index (κ3) is 3.69. The zero-order chi connectivity index (χ0) is 19.5. The molecule has 2 aromatic carbocycles. The fourth-order valence-electron chi connectivity index (χ4n) is 3.64. The number of rotatable bonds is 6. The molecule has 5 heteroatoms. The Morgan fingerprint density at radius 2 is 1.93 bits per heavy atom. The van der Waals surface area contributed by atoms with Crippen molar-refractivity contribution in [3.05, 3.63) is 89.6 Å². The summed E-state index contributed by atoms with van der Waals surface area (Å²) in [6, 6.07) is 19.8. The Bertz CT molecular complexity index is 1090. The molecule has 1 amide bonds. The molecule has 0 fully saturated rings. The highest BCUT2D eigenvalue weighted by Crippen LogP contribution is 2.21. The maximum absolute atomic E-state index is 12.7. The Morgan fingerprint density at radius 3 is 2.68 bits per heavy atom. The first-order valence-corrected chi connectivity index (χ1v) is 9.41. The highest BCUT2D eigenvalue weighted by atomic mass is 16.3. The van der Waals surface area contributed by atoms with Crippen LogP contribution in [0.2, 0.25) is 0 Å². The first kappa shape index (κ1) is 18.0. The van der Waals surface area contributed by atoms with E-state index in [4.69, 9.17) is 4.42 Å². The zero-order valence-electron chi connectivity index (χ0n) is 16.1. The number of fused-ring (bicyclic) bond motifs is 1. The van der Waals surface area contributed by atoms with Gasteiger partial charge in [-0.15, -0.1) is 0 Å². The van der Waals surface area contributed by atoms with Gasteiger partial charge in [0.15, 0.2) is 0 Å². The van der Waals surface area contributed by atoms with Crippen LogP contribution in [0.1, 0.15) is 28.8 Å². The predicted molar refractivity (Wildman–Crippen MR) is 109 cm³/mol. The molecule has 1 N–H and O–H groups in total. The van der Waals surface area contributed by atoms with Gasteiger partial charge < -0.3 is 9.73 Å². The molecular formula is C23H23N3O2. The summed E-state index contributed by atoms with van der Waals surface area (Å²) in [7, 11) is 0. The minimum absolute atomic E-state index is 0.0190. The van der Waals surface area contributed by atoms with Crippen molar-refractivity contribution in [3.8, 4) is 0 Å². The van der Waals surface area contributed by atoms with E-state index in [2.05, 4.69) is 28.6 Å². The van der Waals surface area contributed by atoms with E-state index < -0.39 is 0 Å². The normalized spacial score (nSPS) is 12.2. The van der Waals surface area contributed by atoms with E-state index in [9.17, 15) is 4.79 Å². The number of furan rings is 1. The molecule has 0 spiro atoms. The molecule has 0 aliphatic heterocycles. The number of aromatic nitrogens is 2. The van der Waals surface area contributed by atoms with Crippen LogP contribution in [-0.4, -0.2) is 22.2 Å². The van der Waals surface area contributed by atoms with Crippen molar-refractivity contribution in [1.29, 1.82) is 0 Å². The topological polar surface area (TPSA) is 60.1 Å². The van der Waals surface area contributed by atoms with Gasteiger partial charge in [0.05, 0.1) is 18.4 Å². The lowest BCUT2D eigenvalue weighted by molar-refractivity contribution is -0.120. The van der Waals surface area contributed by atoms with E-state index in [0.717, 1.165) is 33.5 Å². The highest BCUT2D eigenvalue weighted by Gasteiger charge is 2.20. The lowest BCUT2D eigenvalue weighted by Gasteiger charge is -2.18. The maximum Gasteiger partial charge on any atom is 0.224 e. The Labute approximate surface area is 164 Å². The molecule has 1 unspecified atom stereocenters. The monoisotopic (exact) mass is 373 g/mol. The number of hydrogen-bond donors (Lipinski definition) is 1. The molecule has 0 bridgehead atoms. The van der Waals surface area contributed by atoms with Crippen molar-refractivity contribution in [3.63, 3.8) is 0 Å². The second kappa shape index (κ2) is 7.72. The summed E-state index contributed by atoms with van der Waals surface area (Å²) in [4.78, 5) is 12.7. The Balaban J connectivity index is 1.51. The lowest BCUT2D eigenvalue weighted by Crippen LogP contribution is -2.33. The van der Waals surface area contributed by atoms with Crippen LogP contribution in [0.25, 0.3) is 10.8 Å². The van der Waals surface area contributed by atoms with E-state index in [1.165, 1.54) is 0 Å². The van der Waals surface area contributed by atoms with Gasteiger partial charge >= 0.3 is 0 Å². The summed E-state index contributed by atoms with van der Waals surface area (Å²) in [6.45, 7) is 4.38. The van der Waals surface area contributed by atoms with Crippen molar-refractivity contribution >= 4 is 16.7 Å². The van der Waals surface area contributed by atoms with Gasteiger partial charge in [-0.25, -0.2) is 0 Å². The van der Waals surface area contributed by atoms with Crippen LogP contribution in [0.3, 0.4) is 0 Å². The molecule has 0 radical (unpaired) electrons. The molecular weight excluding hydrogens is 350 g/mol. The van der Waals surface area contributed by atoms with Gasteiger partial charge in [0.1, 0.15) is 11.8 Å². The first-order chi connectivity index (χ1) is 13.6. The largest absolute Gasteiger partial charge is 0.467 e. The Morgan fingerprint density at radius 1 is 1.11 bits per heavy atom. The van der Waals surface area contributed by atoms with Crippen molar-refractivity contribution in [2.24, 2.45) is 0 Å². The smallest absolute Gasteiger partial charge is 0.224 e. The van der Waals surface area contributed by atoms with E-state index in [-0.39, 0.29) is 11.9 Å². The van der Waals surface area contributed by atoms with E-state index in [1.807, 2.05) is 61.0 Å². The second-order valence-corrected chi connectivity index (χ2v) is 7.02. The third-order valence-electron chi connectivity index (χ3n) is 4.93. The first-order valence-electron chi connectivity index (χ1n) is 9.41. The van der Waals surface area contributed by atoms with Gasteiger partial charge in [0.25, 0.3) is 0 Å². The van der Waals surface area contributed by atoms with Crippen LogP contribution < -0.4 is 5.32 Å². The molecule has 142 valence electrons. The average molecular weight is 373 g/mol. The van der Waals surface area contributed by atoms with E-state index in [0.29, 0.717) is 13.0 Å². The van der Waals surface area contributed by atoms with Crippen molar-refractivity contribution in [1.82, 2.24) is 15.1 Å². The van der Waals surface area contributed by atoms with Gasteiger partial charge in [-0.1, -0.05) is 42.5 Å². The number of carbonyl (C=O) groups excluding carboxylic acids is 1. The second-order valence-electron chi connectivity index (χ2n) is 7.02. The van der Waals surface area contributed by atoms with Crippen molar-refractivity contribution < 1.29 is 9.21 Å². The lowest BCUT2D eigenvalue weighted by atomic mass is 10.0. The quantitative estimate of drug-likeness (QED) is 0.551. The van der Waals surface area contributed by atoms with E-state index >= 15 is 0 Å². The molecule has 0 aliphatic rings. The minimum Gasteiger partial charge on any atom is -0.467 e. The number of benzene rings is 2. The molecule has 4 rings (SSSR count). The molecule has 1 atom stereocenters. The van der Waals surface area contributed by atoms with Crippen molar-refractivity contribution in [2.45, 2.75) is 26.3 Å². The number of nitrogens with one attached hydrogen (secondary N) is 1. The summed E-state index contributed by atoms with van der Waals surface area (Å²) in [6.07, 6.45) is 1.98. The number of aryl methyl sites for hydroxylation is 2. The number of nitrogens with zero attached hydrogens (tertiary/aromatic N) is 2. The summed E-state index contributed by atoms with van der Waals surface area (Å²) in [5.74, 6) is 0.756. The van der Waals surface area contributed by atoms with Gasteiger partial charge in [-0.3, -0.25) is 9.48 Å². The highest BCUT2D eigenvalue weighted by molar-refractivity contribution is 5.90. The van der Waals surface area contributed by atoms with Gasteiger partial charge in [0, 0.05) is 12.2 Å². The minimum atomic E-state index is -0.180. The standard InChI is InChI=1S/C23H23N3O2/c1-16-13-17(2)26(25-16)21(22-11-6-12-28-22)15-24-23(27)14-19-9-5-8-18-7-3-4-10-20(18)19/h3-13,21H,14-15H2,1-2H3,(H,24,27). The fraction of sp³-hybridized carbons (Fsp3) is 0.217. The summed E-state index contributed by atoms with van der Waals surface area (Å²) >= 11 is 0. The summed E-state index contributed by atoms with van der Waals surface area (Å²) in [5.41, 5.74) is 3.00. The summed E-state index contributed by atoms with van der Waals surface area (Å²) < 4.78 is 7.52. The maximum atomic E-state index is 12.7.